The van der Waals surface area contributed by atoms with Crippen molar-refractivity contribution in [2.75, 3.05) is 24.2 Å². The van der Waals surface area contributed by atoms with E-state index in [-0.39, 0.29) is 5.91 Å². The van der Waals surface area contributed by atoms with Crippen molar-refractivity contribution in [3.05, 3.63) is 18.3 Å². The standard InChI is InChI=1S/C17H25N3OS/c1-13(21)19-15-7-4-9-18-17(15)22-12-14-6-5-11-20-10-3-2-8-16(14)20/h4,7,9,14,16H,2-3,5-6,8,10-12H2,1H3,(H,19,21). The SMILES string of the molecule is CC(=O)Nc1cccnc1SCC1CCCN2CCCCC12. The molecule has 0 aliphatic carbocycles. The summed E-state index contributed by atoms with van der Waals surface area (Å²) in [7, 11) is 0. The molecule has 1 aromatic heterocycles. The van der Waals surface area contributed by atoms with Gasteiger partial charge in [-0.2, -0.15) is 0 Å². The first-order valence-corrected chi connectivity index (χ1v) is 9.32. The molecule has 2 aliphatic heterocycles. The quantitative estimate of drug-likeness (QED) is 0.864. The number of fused-ring (bicyclic) bond motifs is 1. The van der Waals surface area contributed by atoms with Crippen LogP contribution in [-0.4, -0.2) is 40.7 Å². The second kappa shape index (κ2) is 7.47. The summed E-state index contributed by atoms with van der Waals surface area (Å²) in [5.41, 5.74) is 0.844. The van der Waals surface area contributed by atoms with E-state index in [0.717, 1.165) is 28.4 Å². The molecular formula is C17H25N3OS. The van der Waals surface area contributed by atoms with Gasteiger partial charge in [0.25, 0.3) is 0 Å². The molecule has 0 bridgehead atoms. The largest absolute Gasteiger partial charge is 0.324 e. The van der Waals surface area contributed by atoms with Crippen molar-refractivity contribution in [1.29, 1.82) is 0 Å². The lowest BCUT2D eigenvalue weighted by Gasteiger charge is -2.44. The highest BCUT2D eigenvalue weighted by atomic mass is 32.2. The summed E-state index contributed by atoms with van der Waals surface area (Å²) in [6.07, 6.45) is 8.55. The Morgan fingerprint density at radius 1 is 1.36 bits per heavy atom. The number of nitrogens with one attached hydrogen (secondary N) is 1. The highest BCUT2D eigenvalue weighted by Crippen LogP contribution is 2.35. The summed E-state index contributed by atoms with van der Waals surface area (Å²) in [5, 5.41) is 3.83. The van der Waals surface area contributed by atoms with E-state index in [1.54, 1.807) is 24.9 Å². The van der Waals surface area contributed by atoms with E-state index in [1.807, 2.05) is 12.1 Å². The summed E-state index contributed by atoms with van der Waals surface area (Å²) in [5.74, 6) is 1.82. The fraction of sp³-hybridized carbons (Fsp3) is 0.647. The first kappa shape index (κ1) is 15.8. The Morgan fingerprint density at radius 2 is 2.23 bits per heavy atom. The van der Waals surface area contributed by atoms with Crippen molar-refractivity contribution in [1.82, 2.24) is 9.88 Å². The Bertz CT molecular complexity index is 520. The Kier molecular flexibility index (Phi) is 5.37. The van der Waals surface area contributed by atoms with Crippen LogP contribution in [0.3, 0.4) is 0 Å². The van der Waals surface area contributed by atoms with Gasteiger partial charge in [0.05, 0.1) is 5.69 Å². The molecule has 0 saturated carbocycles. The molecule has 2 unspecified atom stereocenters. The number of aromatic nitrogens is 1. The van der Waals surface area contributed by atoms with Crippen LogP contribution in [0, 0.1) is 5.92 Å². The average Bonchev–Trinajstić information content (AvgIpc) is 2.53. The van der Waals surface area contributed by atoms with Gasteiger partial charge in [0, 0.05) is 24.9 Å². The summed E-state index contributed by atoms with van der Waals surface area (Å²) < 4.78 is 0. The number of carbonyl (C=O) groups excluding carboxylic acids is 1. The minimum atomic E-state index is -0.0361. The van der Waals surface area contributed by atoms with Crippen LogP contribution in [0.25, 0.3) is 0 Å². The van der Waals surface area contributed by atoms with E-state index in [2.05, 4.69) is 15.2 Å². The molecule has 4 nitrogen and oxygen atoms in total. The van der Waals surface area contributed by atoms with Crippen LogP contribution in [0.5, 0.6) is 0 Å². The molecule has 3 heterocycles. The van der Waals surface area contributed by atoms with Crippen LogP contribution in [0.15, 0.2) is 23.4 Å². The molecule has 2 atom stereocenters. The molecule has 0 spiro atoms. The maximum absolute atomic E-state index is 11.3. The molecule has 22 heavy (non-hydrogen) atoms. The number of hydrogen-bond acceptors (Lipinski definition) is 4. The molecule has 0 radical (unpaired) electrons. The van der Waals surface area contributed by atoms with Gasteiger partial charge in [-0.3, -0.25) is 4.79 Å². The zero-order valence-corrected chi connectivity index (χ0v) is 14.1. The Morgan fingerprint density at radius 3 is 3.09 bits per heavy atom. The lowest BCUT2D eigenvalue weighted by Crippen LogP contribution is -2.48. The van der Waals surface area contributed by atoms with Gasteiger partial charge >= 0.3 is 0 Å². The molecule has 1 amide bonds. The van der Waals surface area contributed by atoms with Crippen LogP contribution in [-0.2, 0) is 4.79 Å². The Hall–Kier alpha value is -1.07. The number of pyridine rings is 1. The number of hydrogen-bond donors (Lipinski definition) is 1. The van der Waals surface area contributed by atoms with Gasteiger partial charge in [-0.25, -0.2) is 4.98 Å². The van der Waals surface area contributed by atoms with Crippen LogP contribution in [0.1, 0.15) is 39.0 Å². The van der Waals surface area contributed by atoms with Gasteiger partial charge in [0.1, 0.15) is 5.03 Å². The summed E-state index contributed by atoms with van der Waals surface area (Å²) in [6, 6.07) is 4.58. The molecule has 5 heteroatoms. The summed E-state index contributed by atoms with van der Waals surface area (Å²) >= 11 is 1.80. The van der Waals surface area contributed by atoms with Crippen molar-refractivity contribution in [3.63, 3.8) is 0 Å². The van der Waals surface area contributed by atoms with Crippen LogP contribution < -0.4 is 5.32 Å². The molecule has 3 rings (SSSR count). The monoisotopic (exact) mass is 319 g/mol. The van der Waals surface area contributed by atoms with Gasteiger partial charge in [0.15, 0.2) is 0 Å². The summed E-state index contributed by atoms with van der Waals surface area (Å²) in [4.78, 5) is 18.5. The van der Waals surface area contributed by atoms with E-state index >= 15 is 0 Å². The third kappa shape index (κ3) is 3.82. The topological polar surface area (TPSA) is 45.2 Å². The van der Waals surface area contributed by atoms with E-state index in [4.69, 9.17) is 0 Å². The highest BCUT2D eigenvalue weighted by molar-refractivity contribution is 7.99. The first-order chi connectivity index (χ1) is 10.7. The van der Waals surface area contributed by atoms with Crippen LogP contribution in [0.4, 0.5) is 5.69 Å². The Balaban J connectivity index is 1.63. The number of carbonyl (C=O) groups is 1. The maximum Gasteiger partial charge on any atom is 0.221 e. The van der Waals surface area contributed by atoms with Gasteiger partial charge in [0.2, 0.25) is 5.91 Å². The number of nitrogens with zero attached hydrogens (tertiary/aromatic N) is 2. The van der Waals surface area contributed by atoms with Gasteiger partial charge in [-0.15, -0.1) is 11.8 Å². The smallest absolute Gasteiger partial charge is 0.221 e. The second-order valence-corrected chi connectivity index (χ2v) is 7.36. The van der Waals surface area contributed by atoms with E-state index in [0.29, 0.717) is 0 Å². The fourth-order valence-electron chi connectivity index (χ4n) is 3.75. The number of anilines is 1. The van der Waals surface area contributed by atoms with Crippen molar-refractivity contribution in [2.24, 2.45) is 5.92 Å². The number of thioether (sulfide) groups is 1. The zero-order chi connectivity index (χ0) is 15.4. The number of amides is 1. The molecule has 0 aromatic carbocycles. The van der Waals surface area contributed by atoms with Crippen molar-refractivity contribution in [3.8, 4) is 0 Å². The van der Waals surface area contributed by atoms with Crippen LogP contribution in [0.2, 0.25) is 0 Å². The second-order valence-electron chi connectivity index (χ2n) is 6.35. The minimum absolute atomic E-state index is 0.0361. The normalized spacial score (nSPS) is 25.5. The summed E-state index contributed by atoms with van der Waals surface area (Å²) in [6.45, 7) is 4.11. The third-order valence-electron chi connectivity index (χ3n) is 4.74. The first-order valence-electron chi connectivity index (χ1n) is 8.33. The lowest BCUT2D eigenvalue weighted by atomic mass is 9.85. The van der Waals surface area contributed by atoms with Gasteiger partial charge in [-0.1, -0.05) is 6.42 Å². The van der Waals surface area contributed by atoms with Crippen LogP contribution >= 0.6 is 11.8 Å². The molecule has 1 N–H and O–H groups in total. The van der Waals surface area contributed by atoms with E-state index in [9.17, 15) is 4.79 Å². The molecule has 1 aromatic rings. The third-order valence-corrected chi connectivity index (χ3v) is 5.94. The predicted molar refractivity (Wildman–Crippen MR) is 91.2 cm³/mol. The Labute approximate surface area is 137 Å². The van der Waals surface area contributed by atoms with Gasteiger partial charge in [-0.05, 0) is 56.8 Å². The molecule has 2 saturated heterocycles. The average molecular weight is 319 g/mol. The fourth-order valence-corrected chi connectivity index (χ4v) is 4.92. The van der Waals surface area contributed by atoms with Crippen molar-refractivity contribution < 1.29 is 4.79 Å². The van der Waals surface area contributed by atoms with Gasteiger partial charge < -0.3 is 10.2 Å². The highest BCUT2D eigenvalue weighted by Gasteiger charge is 2.32. The number of rotatable bonds is 4. The predicted octanol–water partition coefficient (Wildman–Crippen LogP) is 3.40. The molecule has 120 valence electrons. The van der Waals surface area contributed by atoms with Crippen molar-refractivity contribution in [2.45, 2.75) is 50.1 Å². The molecule has 2 aliphatic rings. The minimum Gasteiger partial charge on any atom is -0.324 e. The zero-order valence-electron chi connectivity index (χ0n) is 13.3. The lowest BCUT2D eigenvalue weighted by molar-refractivity contribution is -0.114. The molecule has 2 fully saturated rings. The number of piperidine rings is 2. The van der Waals surface area contributed by atoms with E-state index < -0.39 is 0 Å². The van der Waals surface area contributed by atoms with Crippen molar-refractivity contribution >= 4 is 23.4 Å². The van der Waals surface area contributed by atoms with E-state index in [1.165, 1.54) is 45.2 Å². The maximum atomic E-state index is 11.3. The molecular weight excluding hydrogens is 294 g/mol.